The fraction of sp³-hybridized carbons (Fsp3) is 0.143. The molecule has 0 aliphatic carbocycles. The molecule has 1 unspecified atom stereocenters. The Labute approximate surface area is 103 Å². The number of benzene rings is 2. The molecule has 0 spiro atoms. The Hall–Kier alpha value is -1.94. The fourth-order valence-electron chi connectivity index (χ4n) is 1.60. The summed E-state index contributed by atoms with van der Waals surface area (Å²) in [4.78, 5) is 0. The van der Waals surface area contributed by atoms with Gasteiger partial charge < -0.3 is 9.84 Å². The largest absolute Gasteiger partial charge is 0.457 e. The molecule has 4 heteroatoms. The van der Waals surface area contributed by atoms with Crippen LogP contribution < -0.4 is 4.74 Å². The summed E-state index contributed by atoms with van der Waals surface area (Å²) in [6.45, 7) is 1.51. The molecule has 0 bridgehead atoms. The summed E-state index contributed by atoms with van der Waals surface area (Å²) >= 11 is 0. The van der Waals surface area contributed by atoms with Crippen molar-refractivity contribution in [2.75, 3.05) is 0 Å². The summed E-state index contributed by atoms with van der Waals surface area (Å²) in [6, 6.07) is 9.43. The molecular weight excluding hydrogens is 238 g/mol. The second-order valence-electron chi connectivity index (χ2n) is 3.92. The van der Waals surface area contributed by atoms with Gasteiger partial charge in [-0.1, -0.05) is 6.07 Å². The van der Waals surface area contributed by atoms with Crippen LogP contribution in [0.3, 0.4) is 0 Å². The maximum absolute atomic E-state index is 13.1. The van der Waals surface area contributed by atoms with Gasteiger partial charge in [0.25, 0.3) is 0 Å². The van der Waals surface area contributed by atoms with Gasteiger partial charge in [0.05, 0.1) is 6.10 Å². The van der Waals surface area contributed by atoms with E-state index in [1.807, 2.05) is 0 Å². The lowest BCUT2D eigenvalue weighted by atomic mass is 10.1. The van der Waals surface area contributed by atoms with Gasteiger partial charge in [-0.3, -0.25) is 0 Å². The van der Waals surface area contributed by atoms with E-state index < -0.39 is 17.7 Å². The predicted molar refractivity (Wildman–Crippen MR) is 63.5 cm³/mol. The van der Waals surface area contributed by atoms with E-state index in [-0.39, 0.29) is 0 Å². The van der Waals surface area contributed by atoms with Crippen LogP contribution in [0.5, 0.6) is 11.5 Å². The number of rotatable bonds is 3. The molecule has 0 amide bonds. The van der Waals surface area contributed by atoms with Crippen LogP contribution in [0.15, 0.2) is 42.5 Å². The number of ether oxygens (including phenoxy) is 1. The number of hydrogen-bond acceptors (Lipinski definition) is 2. The third kappa shape index (κ3) is 2.84. The first-order chi connectivity index (χ1) is 8.56. The van der Waals surface area contributed by atoms with Crippen molar-refractivity contribution < 1.29 is 18.6 Å². The van der Waals surface area contributed by atoms with E-state index in [0.717, 1.165) is 0 Å². The highest BCUT2D eigenvalue weighted by molar-refractivity contribution is 5.39. The molecule has 0 aromatic heterocycles. The van der Waals surface area contributed by atoms with Crippen LogP contribution in [-0.4, -0.2) is 5.11 Å². The molecular formula is C14H12F2O2. The van der Waals surface area contributed by atoms with Crippen molar-refractivity contribution in [2.24, 2.45) is 0 Å². The zero-order valence-electron chi connectivity index (χ0n) is 9.73. The van der Waals surface area contributed by atoms with Gasteiger partial charge in [0.1, 0.15) is 23.1 Å². The quantitative estimate of drug-likeness (QED) is 0.897. The fourth-order valence-corrected chi connectivity index (χ4v) is 1.60. The van der Waals surface area contributed by atoms with Gasteiger partial charge in [0.2, 0.25) is 0 Å². The van der Waals surface area contributed by atoms with E-state index in [2.05, 4.69) is 0 Å². The third-order valence-electron chi connectivity index (χ3n) is 2.45. The van der Waals surface area contributed by atoms with Gasteiger partial charge in [0.15, 0.2) is 0 Å². The van der Waals surface area contributed by atoms with Gasteiger partial charge in [-0.15, -0.1) is 0 Å². The molecule has 0 aliphatic rings. The monoisotopic (exact) mass is 250 g/mol. The average molecular weight is 250 g/mol. The molecule has 18 heavy (non-hydrogen) atoms. The minimum absolute atomic E-state index is 0.295. The second-order valence-corrected chi connectivity index (χ2v) is 3.92. The summed E-state index contributed by atoms with van der Waals surface area (Å²) < 4.78 is 31.5. The van der Waals surface area contributed by atoms with Gasteiger partial charge in [0, 0.05) is 11.6 Å². The van der Waals surface area contributed by atoms with Crippen molar-refractivity contribution in [2.45, 2.75) is 13.0 Å². The maximum atomic E-state index is 13.1. The molecule has 0 heterocycles. The first-order valence-corrected chi connectivity index (χ1v) is 5.47. The third-order valence-corrected chi connectivity index (χ3v) is 2.45. The van der Waals surface area contributed by atoms with Gasteiger partial charge >= 0.3 is 0 Å². The van der Waals surface area contributed by atoms with Crippen molar-refractivity contribution in [3.8, 4) is 11.5 Å². The van der Waals surface area contributed by atoms with E-state index in [9.17, 15) is 13.9 Å². The summed E-state index contributed by atoms with van der Waals surface area (Å²) in [5, 5.41) is 9.54. The van der Waals surface area contributed by atoms with Gasteiger partial charge in [-0.2, -0.15) is 0 Å². The van der Waals surface area contributed by atoms with Crippen molar-refractivity contribution in [3.05, 3.63) is 59.7 Å². The lowest BCUT2D eigenvalue weighted by Gasteiger charge is -2.13. The Balaban J connectivity index is 2.34. The highest BCUT2D eigenvalue weighted by Crippen LogP contribution is 2.30. The summed E-state index contributed by atoms with van der Waals surface area (Å²) in [7, 11) is 0. The highest BCUT2D eigenvalue weighted by atomic mass is 19.1. The lowest BCUT2D eigenvalue weighted by molar-refractivity contribution is 0.195. The van der Waals surface area contributed by atoms with Gasteiger partial charge in [-0.05, 0) is 37.3 Å². The molecule has 2 nitrogen and oxygen atoms in total. The van der Waals surface area contributed by atoms with Crippen molar-refractivity contribution in [1.29, 1.82) is 0 Å². The molecule has 0 saturated carbocycles. The van der Waals surface area contributed by atoms with Crippen LogP contribution in [0.2, 0.25) is 0 Å². The van der Waals surface area contributed by atoms with E-state index in [0.29, 0.717) is 17.1 Å². The molecule has 94 valence electrons. The lowest BCUT2D eigenvalue weighted by Crippen LogP contribution is -1.97. The van der Waals surface area contributed by atoms with Crippen LogP contribution >= 0.6 is 0 Å². The second kappa shape index (κ2) is 5.14. The van der Waals surface area contributed by atoms with E-state index >= 15 is 0 Å². The highest BCUT2D eigenvalue weighted by Gasteiger charge is 2.11. The van der Waals surface area contributed by atoms with E-state index in [1.54, 1.807) is 6.07 Å². The molecule has 2 rings (SSSR count). The van der Waals surface area contributed by atoms with Crippen LogP contribution in [0.4, 0.5) is 8.78 Å². The number of halogens is 2. The molecule has 1 N–H and O–H groups in total. The average Bonchev–Trinajstić information content (AvgIpc) is 2.31. The summed E-state index contributed by atoms with van der Waals surface area (Å²) in [5.74, 6) is -0.286. The van der Waals surface area contributed by atoms with E-state index in [1.165, 1.54) is 43.3 Å². The molecule has 1 atom stereocenters. The Bertz CT molecular complexity index is 553. The molecule has 0 aliphatic heterocycles. The normalized spacial score (nSPS) is 12.2. The summed E-state index contributed by atoms with van der Waals surface area (Å²) in [5.41, 5.74) is 0.319. The van der Waals surface area contributed by atoms with Crippen LogP contribution in [0, 0.1) is 11.6 Å². The Morgan fingerprint density at radius 2 is 1.78 bits per heavy atom. The Morgan fingerprint density at radius 1 is 1.06 bits per heavy atom. The minimum atomic E-state index is -0.871. The van der Waals surface area contributed by atoms with Crippen LogP contribution in [0.25, 0.3) is 0 Å². The number of hydrogen-bond donors (Lipinski definition) is 1. The zero-order chi connectivity index (χ0) is 13.1. The van der Waals surface area contributed by atoms with Crippen molar-refractivity contribution >= 4 is 0 Å². The smallest absolute Gasteiger partial charge is 0.133 e. The van der Waals surface area contributed by atoms with Crippen molar-refractivity contribution in [1.82, 2.24) is 0 Å². The Morgan fingerprint density at radius 3 is 2.44 bits per heavy atom. The van der Waals surface area contributed by atoms with Gasteiger partial charge in [-0.25, -0.2) is 8.78 Å². The van der Waals surface area contributed by atoms with Crippen LogP contribution in [-0.2, 0) is 0 Å². The standard InChI is InChI=1S/C14H12F2O2/c1-9(17)13-8-11(16)5-6-14(13)18-12-4-2-3-10(15)7-12/h2-9,17H,1H3. The summed E-state index contributed by atoms with van der Waals surface area (Å²) in [6.07, 6.45) is -0.871. The first kappa shape index (κ1) is 12.5. The minimum Gasteiger partial charge on any atom is -0.457 e. The van der Waals surface area contributed by atoms with Crippen molar-refractivity contribution in [3.63, 3.8) is 0 Å². The van der Waals surface area contributed by atoms with E-state index in [4.69, 9.17) is 4.74 Å². The molecule has 0 saturated heterocycles. The molecule has 2 aromatic carbocycles. The molecule has 2 aromatic rings. The first-order valence-electron chi connectivity index (χ1n) is 5.47. The van der Waals surface area contributed by atoms with Crippen LogP contribution in [0.1, 0.15) is 18.6 Å². The maximum Gasteiger partial charge on any atom is 0.133 e. The zero-order valence-corrected chi connectivity index (χ0v) is 9.73. The molecule has 0 fully saturated rings. The number of aliphatic hydroxyl groups excluding tert-OH is 1. The molecule has 0 radical (unpaired) electrons. The number of aliphatic hydroxyl groups is 1. The topological polar surface area (TPSA) is 29.5 Å². The SMILES string of the molecule is CC(O)c1cc(F)ccc1Oc1cccc(F)c1. The Kier molecular flexibility index (Phi) is 3.58. The predicted octanol–water partition coefficient (Wildman–Crippen LogP) is 3.81.